The molecule has 0 saturated carbocycles. The smallest absolute Gasteiger partial charge is 0.0534 e. The molecule has 1 aliphatic rings. The number of nitrogens with one attached hydrogen (secondary N) is 1. The van der Waals surface area contributed by atoms with Crippen LogP contribution >= 0.6 is 12.4 Å². The predicted octanol–water partition coefficient (Wildman–Crippen LogP) is 1.68. The number of halogens is 1. The highest BCUT2D eigenvalue weighted by atomic mass is 35.5. The van der Waals surface area contributed by atoms with Gasteiger partial charge in [0.25, 0.3) is 0 Å². The van der Waals surface area contributed by atoms with Gasteiger partial charge in [0.2, 0.25) is 0 Å². The third-order valence-corrected chi connectivity index (χ3v) is 3.04. The number of rotatable bonds is 3. The highest BCUT2D eigenvalue weighted by molar-refractivity contribution is 5.85. The first-order valence-corrected chi connectivity index (χ1v) is 6.14. The van der Waals surface area contributed by atoms with Crippen LogP contribution in [0.3, 0.4) is 0 Å². The van der Waals surface area contributed by atoms with Crippen molar-refractivity contribution >= 4 is 12.4 Å². The maximum atomic E-state index is 4.37. The molecule has 0 spiro atoms. The normalized spacial score (nSPS) is 21.5. The molecule has 2 rings (SSSR count). The van der Waals surface area contributed by atoms with Gasteiger partial charge in [-0.1, -0.05) is 0 Å². The molecule has 1 atom stereocenters. The second-order valence-corrected chi connectivity index (χ2v) is 5.01. The van der Waals surface area contributed by atoms with Crippen molar-refractivity contribution in [1.29, 1.82) is 0 Å². The summed E-state index contributed by atoms with van der Waals surface area (Å²) in [4.78, 5) is 2.49. The molecule has 17 heavy (non-hydrogen) atoms. The lowest BCUT2D eigenvalue weighted by Gasteiger charge is -2.31. The summed E-state index contributed by atoms with van der Waals surface area (Å²) >= 11 is 0. The maximum absolute atomic E-state index is 4.37. The van der Waals surface area contributed by atoms with E-state index in [9.17, 15) is 0 Å². The predicted molar refractivity (Wildman–Crippen MR) is 72.6 cm³/mol. The molecule has 1 N–H and O–H groups in total. The van der Waals surface area contributed by atoms with Crippen LogP contribution in [0, 0.1) is 0 Å². The lowest BCUT2D eigenvalue weighted by atomic mass is 10.2. The van der Waals surface area contributed by atoms with Crippen LogP contribution in [0.15, 0.2) is 12.4 Å². The number of nitrogens with zero attached hydrogens (tertiary/aromatic N) is 3. The van der Waals surface area contributed by atoms with Gasteiger partial charge < -0.3 is 5.32 Å². The summed E-state index contributed by atoms with van der Waals surface area (Å²) in [6.45, 7) is 10.9. The Morgan fingerprint density at radius 1 is 1.53 bits per heavy atom. The van der Waals surface area contributed by atoms with Gasteiger partial charge in [-0.15, -0.1) is 12.4 Å². The van der Waals surface area contributed by atoms with Crippen LogP contribution in [0.1, 0.15) is 32.4 Å². The van der Waals surface area contributed by atoms with E-state index in [0.717, 1.165) is 26.2 Å². The Hall–Kier alpha value is -0.580. The summed E-state index contributed by atoms with van der Waals surface area (Å²) in [5.41, 5.74) is 1.32. The Bertz CT molecular complexity index is 337. The van der Waals surface area contributed by atoms with Gasteiger partial charge in [0.05, 0.1) is 6.20 Å². The summed E-state index contributed by atoms with van der Waals surface area (Å²) < 4.78 is 2.03. The molecular weight excluding hydrogens is 236 g/mol. The largest absolute Gasteiger partial charge is 0.312 e. The topological polar surface area (TPSA) is 33.1 Å². The highest BCUT2D eigenvalue weighted by Crippen LogP contribution is 2.09. The standard InChI is InChI=1S/C12H22N4.ClH/c1-10(2)16-9-12(6-14-16)8-15-5-4-13-11(3)7-15;/h6,9-11,13H,4-5,7-8H2,1-3H3;1H/t11-;/m1./s1. The zero-order chi connectivity index (χ0) is 11.5. The van der Waals surface area contributed by atoms with E-state index in [1.807, 2.05) is 10.9 Å². The van der Waals surface area contributed by atoms with Crippen LogP contribution in [0.25, 0.3) is 0 Å². The van der Waals surface area contributed by atoms with Crippen molar-refractivity contribution in [2.45, 2.75) is 39.4 Å². The molecule has 1 saturated heterocycles. The van der Waals surface area contributed by atoms with Crippen LogP contribution in [-0.4, -0.2) is 40.4 Å². The first-order valence-electron chi connectivity index (χ1n) is 6.14. The minimum Gasteiger partial charge on any atom is -0.312 e. The molecule has 1 aromatic heterocycles. The van der Waals surface area contributed by atoms with Crippen LogP contribution in [0.5, 0.6) is 0 Å². The molecule has 0 amide bonds. The molecule has 4 nitrogen and oxygen atoms in total. The average molecular weight is 259 g/mol. The zero-order valence-electron chi connectivity index (χ0n) is 10.9. The van der Waals surface area contributed by atoms with Gasteiger partial charge in [0.15, 0.2) is 0 Å². The second-order valence-electron chi connectivity index (χ2n) is 5.01. The van der Waals surface area contributed by atoms with Gasteiger partial charge in [-0.3, -0.25) is 9.58 Å². The van der Waals surface area contributed by atoms with E-state index < -0.39 is 0 Å². The first kappa shape index (κ1) is 14.5. The van der Waals surface area contributed by atoms with Crippen LogP contribution in [-0.2, 0) is 6.54 Å². The molecule has 5 heteroatoms. The van der Waals surface area contributed by atoms with E-state index in [0.29, 0.717) is 12.1 Å². The summed E-state index contributed by atoms with van der Waals surface area (Å²) in [5, 5.41) is 7.83. The minimum atomic E-state index is 0. The van der Waals surface area contributed by atoms with Crippen molar-refractivity contribution in [3.63, 3.8) is 0 Å². The molecule has 1 aromatic rings. The van der Waals surface area contributed by atoms with E-state index in [1.54, 1.807) is 0 Å². The fourth-order valence-electron chi connectivity index (χ4n) is 2.16. The van der Waals surface area contributed by atoms with E-state index in [-0.39, 0.29) is 12.4 Å². The molecule has 1 fully saturated rings. The Labute approximate surface area is 110 Å². The Kier molecular flexibility index (Phi) is 5.43. The lowest BCUT2D eigenvalue weighted by molar-refractivity contribution is 0.199. The van der Waals surface area contributed by atoms with Gasteiger partial charge in [0, 0.05) is 50.0 Å². The van der Waals surface area contributed by atoms with Gasteiger partial charge in [-0.25, -0.2) is 0 Å². The molecule has 1 aliphatic heterocycles. The number of hydrogen-bond acceptors (Lipinski definition) is 3. The monoisotopic (exact) mass is 258 g/mol. The SMILES string of the molecule is CC(C)n1cc(CN2CCN[C@H](C)C2)cn1.Cl. The van der Waals surface area contributed by atoms with Crippen molar-refractivity contribution in [2.24, 2.45) is 0 Å². The highest BCUT2D eigenvalue weighted by Gasteiger charge is 2.16. The Morgan fingerprint density at radius 2 is 2.29 bits per heavy atom. The number of hydrogen-bond donors (Lipinski definition) is 1. The maximum Gasteiger partial charge on any atom is 0.0534 e. The molecule has 98 valence electrons. The zero-order valence-corrected chi connectivity index (χ0v) is 11.7. The van der Waals surface area contributed by atoms with E-state index in [4.69, 9.17) is 0 Å². The van der Waals surface area contributed by atoms with Crippen LogP contribution < -0.4 is 5.32 Å². The molecule has 0 aromatic carbocycles. The van der Waals surface area contributed by atoms with Gasteiger partial charge in [0.1, 0.15) is 0 Å². The first-order chi connectivity index (χ1) is 7.65. The van der Waals surface area contributed by atoms with Crippen molar-refractivity contribution in [3.05, 3.63) is 18.0 Å². The van der Waals surface area contributed by atoms with Crippen LogP contribution in [0.2, 0.25) is 0 Å². The van der Waals surface area contributed by atoms with Gasteiger partial charge in [-0.2, -0.15) is 5.10 Å². The summed E-state index contributed by atoms with van der Waals surface area (Å²) in [5.74, 6) is 0. The lowest BCUT2D eigenvalue weighted by Crippen LogP contribution is -2.48. The fourth-order valence-corrected chi connectivity index (χ4v) is 2.16. The molecule has 0 bridgehead atoms. The van der Waals surface area contributed by atoms with Crippen molar-refractivity contribution < 1.29 is 0 Å². The van der Waals surface area contributed by atoms with Crippen LogP contribution in [0.4, 0.5) is 0 Å². The Balaban J connectivity index is 0.00000144. The van der Waals surface area contributed by atoms with E-state index in [1.165, 1.54) is 5.56 Å². The van der Waals surface area contributed by atoms with Crippen molar-refractivity contribution in [1.82, 2.24) is 20.0 Å². The quantitative estimate of drug-likeness (QED) is 0.896. The molecule has 0 unspecified atom stereocenters. The number of piperazine rings is 1. The van der Waals surface area contributed by atoms with Gasteiger partial charge >= 0.3 is 0 Å². The summed E-state index contributed by atoms with van der Waals surface area (Å²) in [6, 6.07) is 1.06. The van der Waals surface area contributed by atoms with Crippen molar-refractivity contribution in [2.75, 3.05) is 19.6 Å². The summed E-state index contributed by atoms with van der Waals surface area (Å²) in [7, 11) is 0. The average Bonchev–Trinajstić information content (AvgIpc) is 2.66. The third-order valence-electron chi connectivity index (χ3n) is 3.04. The molecular formula is C12H23ClN4. The van der Waals surface area contributed by atoms with E-state index in [2.05, 4.69) is 42.3 Å². The Morgan fingerprint density at radius 3 is 2.88 bits per heavy atom. The third kappa shape index (κ3) is 3.98. The fraction of sp³-hybridized carbons (Fsp3) is 0.750. The van der Waals surface area contributed by atoms with Crippen molar-refractivity contribution in [3.8, 4) is 0 Å². The number of aromatic nitrogens is 2. The second kappa shape index (κ2) is 6.38. The van der Waals surface area contributed by atoms with E-state index >= 15 is 0 Å². The summed E-state index contributed by atoms with van der Waals surface area (Å²) in [6.07, 6.45) is 4.16. The van der Waals surface area contributed by atoms with Gasteiger partial charge in [-0.05, 0) is 20.8 Å². The molecule has 0 aliphatic carbocycles. The minimum absolute atomic E-state index is 0. The molecule has 2 heterocycles. The molecule has 0 radical (unpaired) electrons.